The maximum absolute atomic E-state index is 12.2. The summed E-state index contributed by atoms with van der Waals surface area (Å²) in [7, 11) is 0. The first-order valence-electron chi connectivity index (χ1n) is 10.7. The van der Waals surface area contributed by atoms with Crippen molar-refractivity contribution in [2.24, 2.45) is 23.0 Å². The summed E-state index contributed by atoms with van der Waals surface area (Å²) < 4.78 is 0. The first-order valence-corrected chi connectivity index (χ1v) is 10.7. The molecule has 2 atom stereocenters. The monoisotopic (exact) mass is 405 g/mol. The molecule has 4 bridgehead atoms. The second-order valence-corrected chi connectivity index (χ2v) is 9.86. The smallest absolute Gasteiger partial charge is 0.309 e. The number of amides is 1. The van der Waals surface area contributed by atoms with Crippen molar-refractivity contribution in [3.63, 3.8) is 0 Å². The fourth-order valence-corrected chi connectivity index (χ4v) is 6.97. The van der Waals surface area contributed by atoms with Gasteiger partial charge in [0, 0.05) is 5.56 Å². The average Bonchev–Trinajstić information content (AvgIpc) is 2.67. The van der Waals surface area contributed by atoms with Crippen molar-refractivity contribution in [3.8, 4) is 11.3 Å². The molecule has 4 aliphatic rings. The van der Waals surface area contributed by atoms with Crippen LogP contribution in [0.2, 0.25) is 0 Å². The maximum atomic E-state index is 12.2. The Labute approximate surface area is 175 Å². The minimum absolute atomic E-state index is 0.0343. The normalized spacial score (nSPS) is 31.7. The Hall–Kier alpha value is -2.76. The number of nitrogens with zero attached hydrogens (tertiary/aromatic N) is 2. The molecule has 2 aromatic rings. The molecule has 1 aromatic carbocycles. The molecule has 4 aliphatic carbocycles. The second kappa shape index (κ2) is 6.37. The number of primary amides is 1. The van der Waals surface area contributed by atoms with E-state index in [0.29, 0.717) is 23.2 Å². The number of hydrogen-bond acceptors (Lipinski definition) is 4. The first-order chi connectivity index (χ1) is 14.2. The lowest BCUT2D eigenvalue weighted by molar-refractivity contribution is -0.167. The molecule has 4 fully saturated rings. The molecule has 1 amide bonds. The van der Waals surface area contributed by atoms with Gasteiger partial charge in [-0.2, -0.15) is 0 Å². The highest BCUT2D eigenvalue weighted by molar-refractivity contribution is 5.92. The SMILES string of the molecule is Cc1nc(C)c(-c2ccc(C34CC5CC(CC(C(=O)O)(C5)C3)C4)cc2)nc1C(N)=O. The summed E-state index contributed by atoms with van der Waals surface area (Å²) in [5, 5.41) is 10.0. The summed E-state index contributed by atoms with van der Waals surface area (Å²) in [6, 6.07) is 8.31. The molecule has 4 saturated carbocycles. The van der Waals surface area contributed by atoms with Gasteiger partial charge < -0.3 is 10.8 Å². The third kappa shape index (κ3) is 2.76. The van der Waals surface area contributed by atoms with E-state index in [1.165, 1.54) is 12.0 Å². The number of carbonyl (C=O) groups excluding carboxylic acids is 1. The maximum Gasteiger partial charge on any atom is 0.309 e. The summed E-state index contributed by atoms with van der Waals surface area (Å²) in [6.07, 6.45) is 5.79. The molecular formula is C24H27N3O3. The highest BCUT2D eigenvalue weighted by Crippen LogP contribution is 2.65. The van der Waals surface area contributed by atoms with Crippen LogP contribution in [0.5, 0.6) is 0 Å². The number of aryl methyl sites for hydroxylation is 2. The molecule has 6 nitrogen and oxygen atoms in total. The number of carboxylic acid groups (broad SMARTS) is 1. The highest BCUT2D eigenvalue weighted by Gasteiger charge is 2.61. The van der Waals surface area contributed by atoms with Gasteiger partial charge >= 0.3 is 5.97 Å². The molecular weight excluding hydrogens is 378 g/mol. The molecule has 0 radical (unpaired) electrons. The second-order valence-electron chi connectivity index (χ2n) is 9.86. The first kappa shape index (κ1) is 19.2. The van der Waals surface area contributed by atoms with Crippen molar-refractivity contribution in [1.82, 2.24) is 9.97 Å². The van der Waals surface area contributed by atoms with Crippen LogP contribution >= 0.6 is 0 Å². The van der Waals surface area contributed by atoms with Crippen LogP contribution in [0.25, 0.3) is 11.3 Å². The van der Waals surface area contributed by atoms with Crippen LogP contribution in [-0.4, -0.2) is 27.0 Å². The average molecular weight is 405 g/mol. The standard InChI is InChI=1S/C24H27N3O3/c1-13-19(27-20(21(25)28)14(2)26-13)17-3-5-18(6-4-17)23-8-15-7-16(9-23)11-24(10-15,12-23)22(29)30/h3-6,15-16H,7-12H2,1-2H3,(H2,25,28)(H,29,30). The third-order valence-corrected chi connectivity index (χ3v) is 7.76. The summed E-state index contributed by atoms with van der Waals surface area (Å²) in [5.41, 5.74) is 9.15. The molecule has 30 heavy (non-hydrogen) atoms. The minimum Gasteiger partial charge on any atom is -0.481 e. The Kier molecular flexibility index (Phi) is 4.08. The highest BCUT2D eigenvalue weighted by atomic mass is 16.4. The summed E-state index contributed by atoms with van der Waals surface area (Å²) >= 11 is 0. The molecule has 0 aliphatic heterocycles. The predicted octanol–water partition coefficient (Wildman–Crippen LogP) is 3.78. The van der Waals surface area contributed by atoms with Crippen molar-refractivity contribution in [3.05, 3.63) is 46.9 Å². The number of benzene rings is 1. The van der Waals surface area contributed by atoms with Gasteiger partial charge in [-0.05, 0) is 75.2 Å². The number of nitrogens with two attached hydrogens (primary N) is 1. The topological polar surface area (TPSA) is 106 Å². The third-order valence-electron chi connectivity index (χ3n) is 7.76. The van der Waals surface area contributed by atoms with Crippen LogP contribution in [0, 0.1) is 31.1 Å². The van der Waals surface area contributed by atoms with E-state index in [1.54, 1.807) is 6.92 Å². The molecule has 0 saturated heterocycles. The zero-order valence-corrected chi connectivity index (χ0v) is 17.4. The van der Waals surface area contributed by atoms with Gasteiger partial charge in [-0.25, -0.2) is 4.98 Å². The van der Waals surface area contributed by atoms with E-state index in [-0.39, 0.29) is 11.1 Å². The Morgan fingerprint density at radius 2 is 1.63 bits per heavy atom. The zero-order valence-electron chi connectivity index (χ0n) is 17.4. The summed E-state index contributed by atoms with van der Waals surface area (Å²) in [4.78, 5) is 32.8. The Morgan fingerprint density at radius 1 is 1.00 bits per heavy atom. The summed E-state index contributed by atoms with van der Waals surface area (Å²) in [6.45, 7) is 3.61. The van der Waals surface area contributed by atoms with E-state index in [1.807, 2.05) is 19.1 Å². The minimum atomic E-state index is -0.609. The van der Waals surface area contributed by atoms with Gasteiger partial charge in [-0.3, -0.25) is 14.6 Å². The largest absolute Gasteiger partial charge is 0.481 e. The lowest BCUT2D eigenvalue weighted by atomic mass is 9.43. The van der Waals surface area contributed by atoms with Crippen LogP contribution in [0.3, 0.4) is 0 Å². The van der Waals surface area contributed by atoms with Crippen molar-refractivity contribution in [2.75, 3.05) is 0 Å². The Balaban J connectivity index is 1.52. The molecule has 156 valence electrons. The van der Waals surface area contributed by atoms with Gasteiger partial charge in [0.15, 0.2) is 0 Å². The van der Waals surface area contributed by atoms with E-state index < -0.39 is 17.3 Å². The Morgan fingerprint density at radius 3 is 2.20 bits per heavy atom. The van der Waals surface area contributed by atoms with E-state index in [9.17, 15) is 14.7 Å². The molecule has 1 heterocycles. The molecule has 6 heteroatoms. The zero-order chi connectivity index (χ0) is 21.3. The van der Waals surface area contributed by atoms with Crippen LogP contribution in [0.1, 0.15) is 66.0 Å². The van der Waals surface area contributed by atoms with Gasteiger partial charge in [0.05, 0.1) is 22.5 Å². The quantitative estimate of drug-likeness (QED) is 0.805. The van der Waals surface area contributed by atoms with Gasteiger partial charge in [-0.15, -0.1) is 0 Å². The van der Waals surface area contributed by atoms with Gasteiger partial charge in [0.2, 0.25) is 0 Å². The molecule has 3 N–H and O–H groups in total. The number of rotatable bonds is 4. The van der Waals surface area contributed by atoms with Gasteiger partial charge in [0.25, 0.3) is 5.91 Å². The van der Waals surface area contributed by atoms with E-state index in [2.05, 4.69) is 22.1 Å². The lowest BCUT2D eigenvalue weighted by Gasteiger charge is -2.60. The molecule has 2 unspecified atom stereocenters. The fourth-order valence-electron chi connectivity index (χ4n) is 6.97. The number of hydrogen-bond donors (Lipinski definition) is 2. The molecule has 6 rings (SSSR count). The van der Waals surface area contributed by atoms with Crippen LogP contribution in [-0.2, 0) is 10.2 Å². The number of aliphatic carboxylic acids is 1. The van der Waals surface area contributed by atoms with E-state index >= 15 is 0 Å². The van der Waals surface area contributed by atoms with Gasteiger partial charge in [-0.1, -0.05) is 24.3 Å². The van der Waals surface area contributed by atoms with Crippen LogP contribution in [0.15, 0.2) is 24.3 Å². The molecule has 1 aromatic heterocycles. The number of aromatic nitrogens is 2. The van der Waals surface area contributed by atoms with Crippen LogP contribution in [0.4, 0.5) is 0 Å². The van der Waals surface area contributed by atoms with Crippen molar-refractivity contribution in [2.45, 2.75) is 57.8 Å². The van der Waals surface area contributed by atoms with Crippen LogP contribution < -0.4 is 5.73 Å². The molecule has 0 spiro atoms. The number of carboxylic acids is 1. The van der Waals surface area contributed by atoms with Crippen molar-refractivity contribution in [1.29, 1.82) is 0 Å². The lowest BCUT2D eigenvalue weighted by Crippen LogP contribution is -2.56. The fraction of sp³-hybridized carbons (Fsp3) is 0.500. The summed E-state index contributed by atoms with van der Waals surface area (Å²) in [5.74, 6) is -0.150. The van der Waals surface area contributed by atoms with Crippen molar-refractivity contribution >= 4 is 11.9 Å². The van der Waals surface area contributed by atoms with E-state index in [4.69, 9.17) is 5.73 Å². The van der Waals surface area contributed by atoms with E-state index in [0.717, 1.165) is 43.4 Å². The predicted molar refractivity (Wildman–Crippen MR) is 112 cm³/mol. The van der Waals surface area contributed by atoms with Crippen molar-refractivity contribution < 1.29 is 14.7 Å². The number of carbonyl (C=O) groups is 2. The Bertz CT molecular complexity index is 1050. The van der Waals surface area contributed by atoms with Gasteiger partial charge in [0.1, 0.15) is 5.69 Å².